The number of halogens is 2. The van der Waals surface area contributed by atoms with Crippen LogP contribution in [0.3, 0.4) is 0 Å². The molecule has 252 valence electrons. The third kappa shape index (κ3) is 9.43. The molecule has 0 saturated carbocycles. The largest absolute Gasteiger partial charge is 0.497 e. The van der Waals surface area contributed by atoms with E-state index in [2.05, 4.69) is 21.3 Å². The van der Waals surface area contributed by atoms with Crippen LogP contribution in [-0.4, -0.2) is 64.8 Å². The molecule has 2 heterocycles. The first-order chi connectivity index (χ1) is 23.3. The van der Waals surface area contributed by atoms with E-state index in [1.165, 1.54) is 48.5 Å². The summed E-state index contributed by atoms with van der Waals surface area (Å²) in [5.41, 5.74) is 3.24. The van der Waals surface area contributed by atoms with Gasteiger partial charge in [0.15, 0.2) is 0 Å². The molecule has 0 spiro atoms. The number of ether oxygens (including phenoxy) is 4. The zero-order valence-electron chi connectivity index (χ0n) is 26.6. The van der Waals surface area contributed by atoms with E-state index in [0.717, 1.165) is 22.6 Å². The Kier molecular flexibility index (Phi) is 11.8. The zero-order valence-corrected chi connectivity index (χ0v) is 26.6. The summed E-state index contributed by atoms with van der Waals surface area (Å²) in [6.07, 6.45) is 0. The van der Waals surface area contributed by atoms with Crippen molar-refractivity contribution in [3.63, 3.8) is 0 Å². The van der Waals surface area contributed by atoms with E-state index >= 15 is 0 Å². The van der Waals surface area contributed by atoms with Gasteiger partial charge >= 0.3 is 12.1 Å². The van der Waals surface area contributed by atoms with Crippen LogP contribution in [0.5, 0.6) is 11.5 Å². The maximum Gasteiger partial charge on any atom is 0.319 e. The van der Waals surface area contributed by atoms with Crippen LogP contribution in [0.1, 0.15) is 23.0 Å². The van der Waals surface area contributed by atoms with Crippen molar-refractivity contribution in [2.24, 2.45) is 0 Å². The van der Waals surface area contributed by atoms with Crippen LogP contribution < -0.4 is 30.7 Å². The molecule has 0 aliphatic carbocycles. The summed E-state index contributed by atoms with van der Waals surface area (Å²) in [4.78, 5) is 24.3. The molecular weight excluding hydrogens is 622 g/mol. The minimum Gasteiger partial charge on any atom is -0.497 e. The molecule has 0 unspecified atom stereocenters. The van der Waals surface area contributed by atoms with Gasteiger partial charge in [-0.05, 0) is 83.9 Å². The molecule has 0 aromatic heterocycles. The maximum atomic E-state index is 12.9. The van der Waals surface area contributed by atoms with E-state index in [0.29, 0.717) is 37.8 Å². The monoisotopic (exact) mass is 660 g/mol. The topological polar surface area (TPSA) is 119 Å². The second kappa shape index (κ2) is 16.6. The molecule has 2 saturated heterocycles. The molecule has 6 rings (SSSR count). The average molecular weight is 661 g/mol. The second-order valence-electron chi connectivity index (χ2n) is 11.3. The Hall–Kier alpha value is -5.20. The Labute approximate surface area is 277 Å². The number of nitrogens with one attached hydrogen (secondary N) is 4. The molecule has 4 N–H and O–H groups in total. The molecule has 4 amide bonds. The lowest BCUT2D eigenvalue weighted by molar-refractivity contribution is 0.187. The fourth-order valence-electron chi connectivity index (χ4n) is 5.49. The zero-order chi connectivity index (χ0) is 33.9. The summed E-state index contributed by atoms with van der Waals surface area (Å²) in [7, 11) is 3.25. The molecule has 4 atom stereocenters. The molecule has 4 aromatic carbocycles. The Bertz CT molecular complexity index is 1500. The highest BCUT2D eigenvalue weighted by atomic mass is 19.1. The molecule has 2 fully saturated rings. The average Bonchev–Trinajstić information content (AvgIpc) is 3.77. The summed E-state index contributed by atoms with van der Waals surface area (Å²) in [5, 5.41) is 11.2. The van der Waals surface area contributed by atoms with Gasteiger partial charge in [0.1, 0.15) is 23.1 Å². The molecule has 0 radical (unpaired) electrons. The van der Waals surface area contributed by atoms with Gasteiger partial charge in [-0.3, -0.25) is 0 Å². The van der Waals surface area contributed by atoms with Gasteiger partial charge in [-0.15, -0.1) is 0 Å². The third-order valence-electron chi connectivity index (χ3n) is 8.09. The highest BCUT2D eigenvalue weighted by molar-refractivity contribution is 5.90. The number of urea groups is 2. The van der Waals surface area contributed by atoms with Crippen LogP contribution in [0.25, 0.3) is 0 Å². The molecule has 48 heavy (non-hydrogen) atoms. The van der Waals surface area contributed by atoms with E-state index < -0.39 is 0 Å². The highest BCUT2D eigenvalue weighted by Crippen LogP contribution is 2.29. The van der Waals surface area contributed by atoms with Crippen LogP contribution in [0.4, 0.5) is 29.7 Å². The van der Waals surface area contributed by atoms with Gasteiger partial charge in [-0.2, -0.15) is 0 Å². The van der Waals surface area contributed by atoms with Crippen molar-refractivity contribution in [2.45, 2.75) is 23.9 Å². The number of anilines is 2. The van der Waals surface area contributed by atoms with Crippen LogP contribution in [0, 0.1) is 11.6 Å². The van der Waals surface area contributed by atoms with E-state index in [9.17, 15) is 18.4 Å². The smallest absolute Gasteiger partial charge is 0.319 e. The lowest BCUT2D eigenvalue weighted by Gasteiger charge is -2.20. The van der Waals surface area contributed by atoms with Crippen molar-refractivity contribution in [3.8, 4) is 11.5 Å². The molecule has 10 nitrogen and oxygen atoms in total. The Morgan fingerprint density at radius 3 is 1.25 bits per heavy atom. The first-order valence-corrected chi connectivity index (χ1v) is 15.4. The van der Waals surface area contributed by atoms with Crippen molar-refractivity contribution in [3.05, 3.63) is 120 Å². The standard InChI is InChI=1S/2C18H19FN2O3/c2*1-23-15-8-2-12(3-9-15)16-10-24-11-17(16)21-18(22)20-14-6-4-13(19)5-7-14/h2*2-9,16-17H,10-11H2,1H3,(H2,20,21,22)/t2*16-,17-/m11/s1. The number of methoxy groups -OCH3 is 2. The summed E-state index contributed by atoms with van der Waals surface area (Å²) in [5.74, 6) is 1.05. The summed E-state index contributed by atoms with van der Waals surface area (Å²) >= 11 is 0. The molecule has 2 aliphatic rings. The Morgan fingerprint density at radius 2 is 0.917 bits per heavy atom. The van der Waals surface area contributed by atoms with Gasteiger partial charge in [-0.1, -0.05) is 24.3 Å². The first-order valence-electron chi connectivity index (χ1n) is 15.4. The summed E-state index contributed by atoms with van der Waals surface area (Å²) in [6.45, 7) is 2.00. The number of hydrogen-bond acceptors (Lipinski definition) is 6. The summed E-state index contributed by atoms with van der Waals surface area (Å²) in [6, 6.07) is 25.8. The lowest BCUT2D eigenvalue weighted by atomic mass is 9.94. The molecule has 0 bridgehead atoms. The van der Waals surface area contributed by atoms with Gasteiger partial charge in [0, 0.05) is 23.2 Å². The van der Waals surface area contributed by atoms with Crippen LogP contribution in [0.2, 0.25) is 0 Å². The number of carbonyl (C=O) groups is 2. The van der Waals surface area contributed by atoms with Crippen molar-refractivity contribution < 1.29 is 37.3 Å². The van der Waals surface area contributed by atoms with E-state index in [1.54, 1.807) is 14.2 Å². The van der Waals surface area contributed by atoms with Gasteiger partial charge in [0.2, 0.25) is 0 Å². The number of carbonyl (C=O) groups excluding carboxylic acids is 2. The van der Waals surface area contributed by atoms with Crippen LogP contribution in [0.15, 0.2) is 97.1 Å². The molecule has 4 aromatic rings. The quantitative estimate of drug-likeness (QED) is 0.177. The van der Waals surface area contributed by atoms with Gasteiger partial charge in [0.05, 0.1) is 52.7 Å². The first kappa shape index (κ1) is 34.1. The minimum atomic E-state index is -0.343. The van der Waals surface area contributed by atoms with Crippen molar-refractivity contribution >= 4 is 23.4 Å². The second-order valence-corrected chi connectivity index (χ2v) is 11.3. The predicted molar refractivity (Wildman–Crippen MR) is 178 cm³/mol. The number of amides is 4. The Morgan fingerprint density at radius 1 is 0.562 bits per heavy atom. The van der Waals surface area contributed by atoms with E-state index in [1.807, 2.05) is 48.5 Å². The number of hydrogen-bond donors (Lipinski definition) is 4. The third-order valence-corrected chi connectivity index (χ3v) is 8.09. The Balaban J connectivity index is 0.000000188. The number of benzene rings is 4. The van der Waals surface area contributed by atoms with Crippen molar-refractivity contribution in [2.75, 3.05) is 51.3 Å². The van der Waals surface area contributed by atoms with Gasteiger partial charge in [-0.25, -0.2) is 18.4 Å². The van der Waals surface area contributed by atoms with Gasteiger partial charge < -0.3 is 40.2 Å². The van der Waals surface area contributed by atoms with E-state index in [4.69, 9.17) is 18.9 Å². The predicted octanol–water partition coefficient (Wildman–Crippen LogP) is 6.28. The van der Waals surface area contributed by atoms with Crippen molar-refractivity contribution in [1.82, 2.24) is 10.6 Å². The molecular formula is C36H38F2N4O6. The van der Waals surface area contributed by atoms with Crippen molar-refractivity contribution in [1.29, 1.82) is 0 Å². The fourth-order valence-corrected chi connectivity index (χ4v) is 5.49. The fraction of sp³-hybridized carbons (Fsp3) is 0.278. The van der Waals surface area contributed by atoms with Crippen LogP contribution >= 0.6 is 0 Å². The summed E-state index contributed by atoms with van der Waals surface area (Å²) < 4.78 is 47.2. The number of rotatable bonds is 8. The highest BCUT2D eigenvalue weighted by Gasteiger charge is 2.32. The lowest BCUT2D eigenvalue weighted by Crippen LogP contribution is -2.41. The molecule has 12 heteroatoms. The normalized spacial score (nSPS) is 19.8. The van der Waals surface area contributed by atoms with E-state index in [-0.39, 0.29) is 47.6 Å². The van der Waals surface area contributed by atoms with Gasteiger partial charge in [0.25, 0.3) is 0 Å². The molecule has 2 aliphatic heterocycles. The minimum absolute atomic E-state index is 0.0786. The maximum absolute atomic E-state index is 12.9. The van der Waals surface area contributed by atoms with Crippen LogP contribution in [-0.2, 0) is 9.47 Å². The SMILES string of the molecule is COc1ccc([C@H]2COC[C@H]2NC(=O)Nc2ccc(F)cc2)cc1.COc1ccc([C@H]2COC[C@H]2NC(=O)Nc2ccc(F)cc2)cc1.